The van der Waals surface area contributed by atoms with Crippen LogP contribution in [0.2, 0.25) is 0 Å². The Morgan fingerprint density at radius 1 is 1.18 bits per heavy atom. The molecule has 0 saturated carbocycles. The van der Waals surface area contributed by atoms with E-state index in [0.29, 0.717) is 6.04 Å². The number of hydrogen-bond donors (Lipinski definition) is 1. The second-order valence-corrected chi connectivity index (χ2v) is 4.71. The van der Waals surface area contributed by atoms with Gasteiger partial charge in [0, 0.05) is 6.04 Å². The number of hydrogen-bond acceptors (Lipinski definition) is 1. The molecular formula is C15H24FN. The maximum atomic E-state index is 13.4. The molecule has 0 fully saturated rings. The Kier molecular flexibility index (Phi) is 6.87. The van der Waals surface area contributed by atoms with E-state index in [0.717, 1.165) is 18.5 Å². The monoisotopic (exact) mass is 237 g/mol. The van der Waals surface area contributed by atoms with Crippen LogP contribution in [0.1, 0.15) is 45.1 Å². The molecule has 0 aliphatic carbocycles. The first kappa shape index (κ1) is 14.2. The summed E-state index contributed by atoms with van der Waals surface area (Å²) in [6.45, 7) is 5.37. The van der Waals surface area contributed by atoms with Crippen LogP contribution < -0.4 is 5.32 Å². The molecule has 0 aliphatic rings. The highest BCUT2D eigenvalue weighted by atomic mass is 19.1. The molecule has 0 aromatic heterocycles. The van der Waals surface area contributed by atoms with Gasteiger partial charge in [-0.1, -0.05) is 44.4 Å². The Morgan fingerprint density at radius 2 is 1.94 bits per heavy atom. The fourth-order valence-electron chi connectivity index (χ4n) is 1.97. The molecule has 0 saturated heterocycles. The van der Waals surface area contributed by atoms with Gasteiger partial charge >= 0.3 is 0 Å². The lowest BCUT2D eigenvalue weighted by Crippen LogP contribution is -2.29. The van der Waals surface area contributed by atoms with Gasteiger partial charge in [0.25, 0.3) is 0 Å². The number of unbranched alkanes of at least 4 members (excludes halogenated alkanes) is 3. The summed E-state index contributed by atoms with van der Waals surface area (Å²) in [7, 11) is 0. The summed E-state index contributed by atoms with van der Waals surface area (Å²) in [5, 5.41) is 3.45. The molecule has 0 heterocycles. The summed E-state index contributed by atoms with van der Waals surface area (Å²) in [5.74, 6) is -0.0906. The SMILES string of the molecule is CCCCCCNC(C)Cc1ccccc1F. The van der Waals surface area contributed by atoms with Crippen LogP contribution in [0.3, 0.4) is 0 Å². The molecule has 0 aliphatic heterocycles. The number of rotatable bonds is 8. The van der Waals surface area contributed by atoms with Crippen LogP contribution in [-0.4, -0.2) is 12.6 Å². The molecule has 17 heavy (non-hydrogen) atoms. The van der Waals surface area contributed by atoms with Crippen molar-refractivity contribution in [2.24, 2.45) is 0 Å². The minimum atomic E-state index is -0.0906. The molecule has 96 valence electrons. The molecule has 2 heteroatoms. The van der Waals surface area contributed by atoms with Crippen LogP contribution in [-0.2, 0) is 6.42 Å². The summed E-state index contributed by atoms with van der Waals surface area (Å²) < 4.78 is 13.4. The first-order valence-corrected chi connectivity index (χ1v) is 6.70. The van der Waals surface area contributed by atoms with Gasteiger partial charge in [-0.3, -0.25) is 0 Å². The summed E-state index contributed by atoms with van der Waals surface area (Å²) in [4.78, 5) is 0. The van der Waals surface area contributed by atoms with Crippen molar-refractivity contribution in [1.29, 1.82) is 0 Å². The third-order valence-electron chi connectivity index (χ3n) is 3.01. The summed E-state index contributed by atoms with van der Waals surface area (Å²) in [6.07, 6.45) is 5.85. The molecule has 0 spiro atoms. The molecule has 1 nitrogen and oxygen atoms in total. The topological polar surface area (TPSA) is 12.0 Å². The second-order valence-electron chi connectivity index (χ2n) is 4.71. The maximum absolute atomic E-state index is 13.4. The van der Waals surface area contributed by atoms with Gasteiger partial charge in [-0.15, -0.1) is 0 Å². The van der Waals surface area contributed by atoms with Gasteiger partial charge < -0.3 is 5.32 Å². The number of halogens is 1. The van der Waals surface area contributed by atoms with Gasteiger partial charge in [-0.2, -0.15) is 0 Å². The van der Waals surface area contributed by atoms with Crippen molar-refractivity contribution in [3.63, 3.8) is 0 Å². The van der Waals surface area contributed by atoms with Crippen molar-refractivity contribution < 1.29 is 4.39 Å². The van der Waals surface area contributed by atoms with E-state index in [-0.39, 0.29) is 5.82 Å². The lowest BCUT2D eigenvalue weighted by atomic mass is 10.1. The summed E-state index contributed by atoms with van der Waals surface area (Å²) in [5.41, 5.74) is 0.807. The van der Waals surface area contributed by atoms with Crippen LogP contribution in [0.4, 0.5) is 4.39 Å². The first-order valence-electron chi connectivity index (χ1n) is 6.70. The van der Waals surface area contributed by atoms with Crippen LogP contribution in [0.15, 0.2) is 24.3 Å². The van der Waals surface area contributed by atoms with Gasteiger partial charge in [-0.25, -0.2) is 4.39 Å². The van der Waals surface area contributed by atoms with E-state index >= 15 is 0 Å². The Morgan fingerprint density at radius 3 is 2.65 bits per heavy atom. The lowest BCUT2D eigenvalue weighted by molar-refractivity contribution is 0.506. The lowest BCUT2D eigenvalue weighted by Gasteiger charge is -2.14. The van der Waals surface area contributed by atoms with E-state index in [1.165, 1.54) is 31.7 Å². The molecule has 0 bridgehead atoms. The van der Waals surface area contributed by atoms with Crippen LogP contribution in [0.5, 0.6) is 0 Å². The molecule has 1 atom stereocenters. The van der Waals surface area contributed by atoms with Crippen molar-refractivity contribution >= 4 is 0 Å². The quantitative estimate of drug-likeness (QED) is 0.676. The minimum absolute atomic E-state index is 0.0906. The molecule has 1 aromatic rings. The summed E-state index contributed by atoms with van der Waals surface area (Å²) >= 11 is 0. The largest absolute Gasteiger partial charge is 0.314 e. The predicted molar refractivity (Wildman–Crippen MR) is 71.7 cm³/mol. The van der Waals surface area contributed by atoms with E-state index in [1.54, 1.807) is 6.07 Å². The van der Waals surface area contributed by atoms with Crippen LogP contribution >= 0.6 is 0 Å². The summed E-state index contributed by atoms with van der Waals surface area (Å²) in [6, 6.07) is 7.37. The highest BCUT2D eigenvalue weighted by molar-refractivity contribution is 5.18. The molecule has 1 rings (SSSR count). The Balaban J connectivity index is 2.21. The smallest absolute Gasteiger partial charge is 0.126 e. The fraction of sp³-hybridized carbons (Fsp3) is 0.600. The van der Waals surface area contributed by atoms with E-state index < -0.39 is 0 Å². The highest BCUT2D eigenvalue weighted by Gasteiger charge is 2.06. The molecule has 0 amide bonds. The average Bonchev–Trinajstić information content (AvgIpc) is 2.32. The normalized spacial score (nSPS) is 12.6. The number of benzene rings is 1. The zero-order valence-corrected chi connectivity index (χ0v) is 11.0. The molecule has 1 N–H and O–H groups in total. The van der Waals surface area contributed by atoms with Crippen molar-refractivity contribution in [2.75, 3.05) is 6.54 Å². The molecule has 1 unspecified atom stereocenters. The Hall–Kier alpha value is -0.890. The Bertz CT molecular complexity index is 312. The third-order valence-corrected chi connectivity index (χ3v) is 3.01. The van der Waals surface area contributed by atoms with Crippen molar-refractivity contribution in [2.45, 2.75) is 52.0 Å². The predicted octanol–water partition coefficient (Wildman–Crippen LogP) is 3.93. The standard InChI is InChI=1S/C15H24FN/c1-3-4-5-8-11-17-13(2)12-14-9-6-7-10-15(14)16/h6-7,9-10,13,17H,3-5,8,11-12H2,1-2H3. The van der Waals surface area contributed by atoms with Crippen molar-refractivity contribution in [3.8, 4) is 0 Å². The first-order chi connectivity index (χ1) is 8.24. The number of nitrogens with one attached hydrogen (secondary N) is 1. The van der Waals surface area contributed by atoms with Crippen molar-refractivity contribution in [1.82, 2.24) is 5.32 Å². The van der Waals surface area contributed by atoms with E-state index in [4.69, 9.17) is 0 Å². The molecule has 0 radical (unpaired) electrons. The van der Waals surface area contributed by atoms with E-state index in [2.05, 4.69) is 19.2 Å². The average molecular weight is 237 g/mol. The molecular weight excluding hydrogens is 213 g/mol. The van der Waals surface area contributed by atoms with E-state index in [9.17, 15) is 4.39 Å². The van der Waals surface area contributed by atoms with Gasteiger partial charge in [0.15, 0.2) is 0 Å². The van der Waals surface area contributed by atoms with Crippen molar-refractivity contribution in [3.05, 3.63) is 35.6 Å². The zero-order chi connectivity index (χ0) is 12.5. The second kappa shape index (κ2) is 8.24. The van der Waals surface area contributed by atoms with Gasteiger partial charge in [-0.05, 0) is 37.9 Å². The van der Waals surface area contributed by atoms with Crippen LogP contribution in [0, 0.1) is 5.82 Å². The van der Waals surface area contributed by atoms with E-state index in [1.807, 2.05) is 12.1 Å². The zero-order valence-electron chi connectivity index (χ0n) is 11.0. The maximum Gasteiger partial charge on any atom is 0.126 e. The van der Waals surface area contributed by atoms with Crippen LogP contribution in [0.25, 0.3) is 0 Å². The van der Waals surface area contributed by atoms with Gasteiger partial charge in [0.05, 0.1) is 0 Å². The van der Waals surface area contributed by atoms with Gasteiger partial charge in [0.2, 0.25) is 0 Å². The minimum Gasteiger partial charge on any atom is -0.314 e. The molecule has 1 aromatic carbocycles. The fourth-order valence-corrected chi connectivity index (χ4v) is 1.97. The Labute approximate surface area is 104 Å². The third kappa shape index (κ3) is 5.83. The van der Waals surface area contributed by atoms with Gasteiger partial charge in [0.1, 0.15) is 5.82 Å². The highest BCUT2D eigenvalue weighted by Crippen LogP contribution is 2.09.